The maximum absolute atomic E-state index is 11.4. The van der Waals surface area contributed by atoms with Gasteiger partial charge in [-0.15, -0.1) is 0 Å². The van der Waals surface area contributed by atoms with Crippen molar-refractivity contribution in [1.82, 2.24) is 9.55 Å². The minimum Gasteiger partial charge on any atom is -0.461 e. The Morgan fingerprint density at radius 1 is 1.26 bits per heavy atom. The third kappa shape index (κ3) is 4.39. The van der Waals surface area contributed by atoms with Crippen molar-refractivity contribution in [1.29, 1.82) is 0 Å². The van der Waals surface area contributed by atoms with Crippen LogP contribution in [0, 0.1) is 0 Å². The second-order valence-corrected chi connectivity index (χ2v) is 9.61. The van der Waals surface area contributed by atoms with Crippen molar-refractivity contribution in [2.24, 2.45) is 0 Å². The summed E-state index contributed by atoms with van der Waals surface area (Å²) in [5.41, 5.74) is 2.91. The summed E-state index contributed by atoms with van der Waals surface area (Å²) in [4.78, 5) is 11.4. The third-order valence-corrected chi connectivity index (χ3v) is 6.98. The molecule has 6 nitrogen and oxygen atoms in total. The Bertz CT molecular complexity index is 840. The van der Waals surface area contributed by atoms with Crippen LogP contribution in [0.15, 0.2) is 30.6 Å². The molecule has 0 N–H and O–H groups in total. The molecule has 27 heavy (non-hydrogen) atoms. The van der Waals surface area contributed by atoms with Gasteiger partial charge in [-0.1, -0.05) is 12.1 Å². The lowest BCUT2D eigenvalue weighted by atomic mass is 9.75. The van der Waals surface area contributed by atoms with Crippen LogP contribution in [-0.2, 0) is 25.4 Å². The molecule has 1 fully saturated rings. The smallest absolute Gasteiger partial charge is 0.461 e. The number of halogens is 1. The van der Waals surface area contributed by atoms with Gasteiger partial charge in [0.15, 0.2) is 0 Å². The summed E-state index contributed by atoms with van der Waals surface area (Å²) in [6, 6.07) is 6.02. The van der Waals surface area contributed by atoms with Gasteiger partial charge in [0.2, 0.25) is 0 Å². The molecule has 1 atom stereocenters. The second kappa shape index (κ2) is 7.81. The summed E-state index contributed by atoms with van der Waals surface area (Å²) < 4.78 is 19.5. The molecule has 1 aliphatic heterocycles. The zero-order valence-electron chi connectivity index (χ0n) is 16.1. The molecule has 1 saturated heterocycles. The van der Waals surface area contributed by atoms with Gasteiger partial charge in [-0.25, -0.2) is 4.45 Å². The highest BCUT2D eigenvalue weighted by atomic mass is 127. The summed E-state index contributed by atoms with van der Waals surface area (Å²) in [6.45, 7) is 9.66. The average molecular weight is 500 g/mol. The van der Waals surface area contributed by atoms with Crippen LogP contribution >= 0.6 is 28.4 Å². The van der Waals surface area contributed by atoms with Gasteiger partial charge in [-0.2, -0.15) is 5.10 Å². The van der Waals surface area contributed by atoms with E-state index in [0.29, 0.717) is 6.37 Å². The first-order chi connectivity index (χ1) is 12.6. The van der Waals surface area contributed by atoms with Gasteiger partial charge in [0, 0.05) is 18.7 Å². The van der Waals surface area contributed by atoms with E-state index in [2.05, 4.69) is 27.1 Å². The molecular weight excluding hydrogens is 477 g/mol. The number of benzene rings is 1. The molecule has 1 unspecified atom stereocenters. The molecule has 9 heteroatoms. The molecule has 2 aromatic rings. The number of esters is 1. The number of hydrogen-bond donors (Lipinski definition) is 0. The summed E-state index contributed by atoms with van der Waals surface area (Å²) in [5, 5.41) is 4.34. The van der Waals surface area contributed by atoms with Crippen molar-refractivity contribution in [2.75, 3.05) is 0 Å². The SMILES string of the molecule is CC(=O)OCc1cc(-c2cnn(PI)c2)ccc1B1OC(C)(C)C(C)(C)O1. The molecule has 0 amide bonds. The van der Waals surface area contributed by atoms with E-state index < -0.39 is 18.3 Å². The summed E-state index contributed by atoms with van der Waals surface area (Å²) in [6.07, 6.45) is 4.39. The Labute approximate surface area is 174 Å². The van der Waals surface area contributed by atoms with E-state index in [4.69, 9.17) is 14.0 Å². The van der Waals surface area contributed by atoms with Gasteiger partial charge in [-0.05, 0) is 72.4 Å². The number of rotatable bonds is 5. The van der Waals surface area contributed by atoms with E-state index in [0.717, 1.165) is 22.2 Å². The fraction of sp³-hybridized carbons (Fsp3) is 0.444. The first-order valence-electron chi connectivity index (χ1n) is 8.66. The van der Waals surface area contributed by atoms with E-state index in [1.165, 1.54) is 6.92 Å². The van der Waals surface area contributed by atoms with Crippen molar-refractivity contribution in [3.8, 4) is 11.1 Å². The van der Waals surface area contributed by atoms with Crippen LogP contribution in [0.5, 0.6) is 0 Å². The van der Waals surface area contributed by atoms with E-state index >= 15 is 0 Å². The Balaban J connectivity index is 1.97. The first kappa shape index (κ1) is 20.8. The van der Waals surface area contributed by atoms with Gasteiger partial charge < -0.3 is 14.0 Å². The predicted molar refractivity (Wildman–Crippen MR) is 117 cm³/mol. The van der Waals surface area contributed by atoms with E-state index in [9.17, 15) is 4.79 Å². The number of ether oxygens (including phenoxy) is 1. The molecule has 1 aromatic carbocycles. The number of hydrogen-bond acceptors (Lipinski definition) is 5. The molecule has 3 rings (SSSR count). The lowest BCUT2D eigenvalue weighted by Gasteiger charge is -2.32. The van der Waals surface area contributed by atoms with Gasteiger partial charge in [0.1, 0.15) is 6.61 Å². The van der Waals surface area contributed by atoms with Crippen LogP contribution in [-0.4, -0.2) is 33.8 Å². The Hall–Kier alpha value is -0.955. The van der Waals surface area contributed by atoms with Crippen molar-refractivity contribution in [3.63, 3.8) is 0 Å². The van der Waals surface area contributed by atoms with Gasteiger partial charge in [0.25, 0.3) is 0 Å². The molecule has 0 bridgehead atoms. The number of carbonyl (C=O) groups is 1. The largest absolute Gasteiger partial charge is 0.495 e. The molecule has 0 spiro atoms. The average Bonchev–Trinajstić information content (AvgIpc) is 3.15. The van der Waals surface area contributed by atoms with Crippen molar-refractivity contribution in [2.45, 2.75) is 52.4 Å². The van der Waals surface area contributed by atoms with E-state index in [-0.39, 0.29) is 12.6 Å². The summed E-state index contributed by atoms with van der Waals surface area (Å²) >= 11 is 2.29. The predicted octanol–water partition coefficient (Wildman–Crippen LogP) is 3.70. The zero-order valence-corrected chi connectivity index (χ0v) is 19.2. The van der Waals surface area contributed by atoms with Crippen LogP contribution in [0.3, 0.4) is 0 Å². The van der Waals surface area contributed by atoms with Crippen LogP contribution in [0.2, 0.25) is 0 Å². The molecule has 2 heterocycles. The van der Waals surface area contributed by atoms with Gasteiger partial charge >= 0.3 is 13.1 Å². The molecule has 0 radical (unpaired) electrons. The maximum atomic E-state index is 11.4. The van der Waals surface area contributed by atoms with Crippen molar-refractivity contribution >= 4 is 47.0 Å². The molecular formula is C18H23BIN2O4P. The van der Waals surface area contributed by atoms with Crippen LogP contribution in [0.1, 0.15) is 40.2 Å². The Morgan fingerprint density at radius 3 is 2.48 bits per heavy atom. The fourth-order valence-electron chi connectivity index (χ4n) is 2.81. The standard InChI is InChI=1S/C18H23BIN2O4P/c1-12(23)24-11-14-8-13(15-9-21-22(10-15)27-20)6-7-16(14)19-25-17(2,3)18(4,5)26-19/h6-10,27H,11H2,1-5H3. The van der Waals surface area contributed by atoms with Crippen molar-refractivity contribution < 1.29 is 18.8 Å². The molecule has 1 aliphatic rings. The third-order valence-electron chi connectivity index (χ3n) is 5.08. The van der Waals surface area contributed by atoms with Gasteiger partial charge in [0.05, 0.1) is 23.8 Å². The number of nitrogens with zero attached hydrogens (tertiary/aromatic N) is 2. The molecule has 1 aromatic heterocycles. The minimum atomic E-state index is -0.506. The summed E-state index contributed by atoms with van der Waals surface area (Å²) in [7, 11) is -0.506. The second-order valence-electron chi connectivity index (χ2n) is 7.54. The normalized spacial score (nSPS) is 18.4. The monoisotopic (exact) mass is 500 g/mol. The highest BCUT2D eigenvalue weighted by molar-refractivity contribution is 14.2. The van der Waals surface area contributed by atoms with E-state index in [1.807, 2.05) is 62.7 Å². The molecule has 0 aliphatic carbocycles. The quantitative estimate of drug-likeness (QED) is 0.271. The summed E-state index contributed by atoms with van der Waals surface area (Å²) in [5.74, 6) is -0.320. The lowest BCUT2D eigenvalue weighted by Crippen LogP contribution is -2.41. The zero-order chi connectivity index (χ0) is 19.8. The number of aromatic nitrogens is 2. The van der Waals surface area contributed by atoms with Crippen LogP contribution in [0.4, 0.5) is 0 Å². The van der Waals surface area contributed by atoms with Crippen LogP contribution < -0.4 is 5.46 Å². The Morgan fingerprint density at radius 2 is 1.93 bits per heavy atom. The highest BCUT2D eigenvalue weighted by Crippen LogP contribution is 2.37. The topological polar surface area (TPSA) is 62.6 Å². The van der Waals surface area contributed by atoms with Gasteiger partial charge in [-0.3, -0.25) is 4.79 Å². The maximum Gasteiger partial charge on any atom is 0.495 e. The first-order valence-corrected chi connectivity index (χ1v) is 12.7. The fourth-order valence-corrected chi connectivity index (χ4v) is 3.89. The van der Waals surface area contributed by atoms with Crippen molar-refractivity contribution in [3.05, 3.63) is 36.2 Å². The van der Waals surface area contributed by atoms with Crippen LogP contribution in [0.25, 0.3) is 11.1 Å². The minimum absolute atomic E-state index is 0.171. The molecule has 144 valence electrons. The molecule has 0 saturated carbocycles. The lowest BCUT2D eigenvalue weighted by molar-refractivity contribution is -0.142. The Kier molecular flexibility index (Phi) is 6.01. The highest BCUT2D eigenvalue weighted by Gasteiger charge is 2.52. The number of carbonyl (C=O) groups excluding carboxylic acids is 1. The van der Waals surface area contributed by atoms with E-state index in [1.54, 1.807) is 0 Å².